The van der Waals surface area contributed by atoms with Crippen molar-refractivity contribution in [3.8, 4) is 0 Å². The first-order valence-corrected chi connectivity index (χ1v) is 6.87. The molecule has 0 amide bonds. The Morgan fingerprint density at radius 3 is 2.05 bits per heavy atom. The molecule has 0 saturated carbocycles. The Balaban J connectivity index is 0.000000342. The van der Waals surface area contributed by atoms with Gasteiger partial charge in [-0.1, -0.05) is 64.2 Å². The van der Waals surface area contributed by atoms with Gasteiger partial charge >= 0.3 is 0 Å². The molecule has 0 N–H and O–H groups in total. The van der Waals surface area contributed by atoms with Crippen molar-refractivity contribution in [2.45, 2.75) is 40.5 Å². The molecule has 1 nitrogen and oxygen atoms in total. The largest absolute Gasteiger partial charge is 0.265 e. The Hall–Kier alpha value is -1.63. The third-order valence-corrected chi connectivity index (χ3v) is 2.73. The third kappa shape index (κ3) is 9.01. The molecule has 0 unspecified atom stereocenters. The van der Waals surface area contributed by atoms with Gasteiger partial charge in [-0.3, -0.25) is 4.98 Å². The number of aromatic nitrogens is 1. The van der Waals surface area contributed by atoms with Gasteiger partial charge in [0.25, 0.3) is 0 Å². The summed E-state index contributed by atoms with van der Waals surface area (Å²) in [5.41, 5.74) is 2.53. The van der Waals surface area contributed by atoms with Gasteiger partial charge in [0.05, 0.1) is 0 Å². The van der Waals surface area contributed by atoms with E-state index in [-0.39, 0.29) is 0 Å². The molecule has 0 fully saturated rings. The highest BCUT2D eigenvalue weighted by Crippen LogP contribution is 2.10. The lowest BCUT2D eigenvalue weighted by atomic mass is 10.1. The van der Waals surface area contributed by atoms with E-state index >= 15 is 0 Å². The summed E-state index contributed by atoms with van der Waals surface area (Å²) in [6.45, 7) is 14.5. The van der Waals surface area contributed by atoms with Crippen LogP contribution in [0.5, 0.6) is 0 Å². The second-order valence-electron chi connectivity index (χ2n) is 5.05. The van der Waals surface area contributed by atoms with Crippen molar-refractivity contribution in [3.05, 3.63) is 66.5 Å². The fourth-order valence-electron chi connectivity index (χ4n) is 1.23. The van der Waals surface area contributed by atoms with E-state index in [0.29, 0.717) is 11.8 Å². The lowest BCUT2D eigenvalue weighted by Crippen LogP contribution is -1.86. The second kappa shape index (κ2) is 10.3. The summed E-state index contributed by atoms with van der Waals surface area (Å²) in [5, 5.41) is 0. The Morgan fingerprint density at radius 1 is 1.11 bits per heavy atom. The van der Waals surface area contributed by atoms with Crippen LogP contribution in [0.25, 0.3) is 0 Å². The summed E-state index contributed by atoms with van der Waals surface area (Å²) in [6, 6.07) is 4.09. The SMILES string of the molecule is C=C(/C=C\C=C/C)C(C)C.CC(C)c1ccncc1. The minimum absolute atomic E-state index is 0.557. The summed E-state index contributed by atoms with van der Waals surface area (Å²) in [7, 11) is 0. The molecule has 0 atom stereocenters. The highest BCUT2D eigenvalue weighted by atomic mass is 14.6. The maximum absolute atomic E-state index is 3.93. The zero-order valence-electron chi connectivity index (χ0n) is 12.9. The summed E-state index contributed by atoms with van der Waals surface area (Å²) in [4.78, 5) is 3.93. The van der Waals surface area contributed by atoms with Crippen LogP contribution in [-0.2, 0) is 0 Å². The van der Waals surface area contributed by atoms with Crippen LogP contribution in [0.3, 0.4) is 0 Å². The Kier molecular flexibility index (Phi) is 9.42. The molecule has 0 radical (unpaired) electrons. The van der Waals surface area contributed by atoms with Crippen LogP contribution in [0.15, 0.2) is 61.0 Å². The quantitative estimate of drug-likeness (QED) is 0.646. The zero-order valence-corrected chi connectivity index (χ0v) is 12.9. The molecule has 0 aliphatic carbocycles. The molecular formula is C18H27N. The Bertz CT molecular complexity index is 397. The summed E-state index contributed by atoms with van der Waals surface area (Å²) < 4.78 is 0. The number of hydrogen-bond donors (Lipinski definition) is 0. The molecule has 0 bridgehead atoms. The standard InChI is InChI=1S/C10H16.C8H11N/c1-5-6-7-8-10(4)9(2)3;1-7(2)8-3-5-9-6-4-8/h5-9H,4H2,1-3H3;3-7H,1-2H3/b6-5-,8-7-;. The smallest absolute Gasteiger partial charge is 0.0270 e. The highest BCUT2D eigenvalue weighted by molar-refractivity contribution is 5.20. The second-order valence-corrected chi connectivity index (χ2v) is 5.05. The zero-order chi connectivity index (χ0) is 14.7. The van der Waals surface area contributed by atoms with Gasteiger partial charge in [0, 0.05) is 12.4 Å². The van der Waals surface area contributed by atoms with Crippen molar-refractivity contribution in [2.24, 2.45) is 5.92 Å². The molecule has 0 saturated heterocycles. The van der Waals surface area contributed by atoms with Crippen molar-refractivity contribution < 1.29 is 0 Å². The van der Waals surface area contributed by atoms with E-state index in [1.54, 1.807) is 0 Å². The van der Waals surface area contributed by atoms with E-state index in [2.05, 4.69) is 39.3 Å². The number of allylic oxidation sites excluding steroid dienone is 5. The van der Waals surface area contributed by atoms with Crippen molar-refractivity contribution in [3.63, 3.8) is 0 Å². The molecule has 0 spiro atoms. The predicted molar refractivity (Wildman–Crippen MR) is 86.3 cm³/mol. The van der Waals surface area contributed by atoms with Crippen molar-refractivity contribution in [1.82, 2.24) is 4.98 Å². The lowest BCUT2D eigenvalue weighted by Gasteiger charge is -2.01. The first kappa shape index (κ1) is 17.4. The molecule has 1 rings (SSSR count). The van der Waals surface area contributed by atoms with Crippen LogP contribution < -0.4 is 0 Å². The third-order valence-electron chi connectivity index (χ3n) is 2.73. The summed E-state index contributed by atoms with van der Waals surface area (Å²) >= 11 is 0. The fraction of sp³-hybridized carbons (Fsp3) is 0.389. The molecule has 0 aliphatic heterocycles. The first-order chi connectivity index (χ1) is 8.99. The van der Waals surface area contributed by atoms with E-state index in [9.17, 15) is 0 Å². The van der Waals surface area contributed by atoms with E-state index in [1.165, 1.54) is 11.1 Å². The van der Waals surface area contributed by atoms with Gasteiger partial charge < -0.3 is 0 Å². The van der Waals surface area contributed by atoms with Crippen LogP contribution in [0.1, 0.15) is 46.1 Å². The minimum atomic E-state index is 0.557. The summed E-state index contributed by atoms with van der Waals surface area (Å²) in [5.74, 6) is 1.18. The van der Waals surface area contributed by atoms with E-state index < -0.39 is 0 Å². The van der Waals surface area contributed by atoms with E-state index in [1.807, 2.05) is 55.8 Å². The topological polar surface area (TPSA) is 12.9 Å². The number of pyridine rings is 1. The molecule has 1 heteroatoms. The number of hydrogen-bond acceptors (Lipinski definition) is 1. The average molecular weight is 257 g/mol. The maximum atomic E-state index is 3.93. The monoisotopic (exact) mass is 257 g/mol. The van der Waals surface area contributed by atoms with Crippen LogP contribution in [0.2, 0.25) is 0 Å². The van der Waals surface area contributed by atoms with E-state index in [4.69, 9.17) is 0 Å². The van der Waals surface area contributed by atoms with Crippen LogP contribution >= 0.6 is 0 Å². The molecule has 1 aromatic rings. The average Bonchev–Trinajstić information content (AvgIpc) is 2.40. The van der Waals surface area contributed by atoms with Crippen molar-refractivity contribution in [2.75, 3.05) is 0 Å². The van der Waals surface area contributed by atoms with Gasteiger partial charge in [-0.2, -0.15) is 0 Å². The van der Waals surface area contributed by atoms with Gasteiger partial charge in [0.1, 0.15) is 0 Å². The van der Waals surface area contributed by atoms with Crippen LogP contribution in [0.4, 0.5) is 0 Å². The molecule has 1 aromatic heterocycles. The fourth-order valence-corrected chi connectivity index (χ4v) is 1.23. The molecule has 104 valence electrons. The predicted octanol–water partition coefficient (Wildman–Crippen LogP) is 5.54. The van der Waals surface area contributed by atoms with E-state index in [0.717, 1.165) is 0 Å². The van der Waals surface area contributed by atoms with Crippen molar-refractivity contribution in [1.29, 1.82) is 0 Å². The molecule has 1 heterocycles. The Morgan fingerprint density at radius 2 is 1.68 bits per heavy atom. The van der Waals surface area contributed by atoms with Crippen molar-refractivity contribution >= 4 is 0 Å². The van der Waals surface area contributed by atoms with Crippen LogP contribution in [0, 0.1) is 5.92 Å². The Labute approximate surface area is 118 Å². The van der Waals surface area contributed by atoms with Gasteiger partial charge in [-0.15, -0.1) is 0 Å². The van der Waals surface area contributed by atoms with Gasteiger partial charge in [-0.05, 0) is 36.5 Å². The maximum Gasteiger partial charge on any atom is 0.0270 e. The molecular weight excluding hydrogens is 230 g/mol. The molecule has 19 heavy (non-hydrogen) atoms. The van der Waals surface area contributed by atoms with Gasteiger partial charge in [0.2, 0.25) is 0 Å². The minimum Gasteiger partial charge on any atom is -0.265 e. The van der Waals surface area contributed by atoms with Crippen LogP contribution in [-0.4, -0.2) is 4.98 Å². The number of rotatable bonds is 4. The normalized spacial score (nSPS) is 11.1. The van der Waals surface area contributed by atoms with Gasteiger partial charge in [0.15, 0.2) is 0 Å². The summed E-state index contributed by atoms with van der Waals surface area (Å²) in [6.07, 6.45) is 11.7. The molecule has 0 aliphatic rings. The highest BCUT2D eigenvalue weighted by Gasteiger charge is 1.94. The number of nitrogens with zero attached hydrogens (tertiary/aromatic N) is 1. The lowest BCUT2D eigenvalue weighted by molar-refractivity contribution is 0.795. The first-order valence-electron chi connectivity index (χ1n) is 6.87. The van der Waals surface area contributed by atoms with Gasteiger partial charge in [-0.25, -0.2) is 0 Å². The molecule has 0 aromatic carbocycles.